The number of epoxide rings is 1. The van der Waals surface area contributed by atoms with Crippen LogP contribution in [0, 0.1) is 0 Å². The summed E-state index contributed by atoms with van der Waals surface area (Å²) >= 11 is 0. The highest BCUT2D eigenvalue weighted by Gasteiger charge is 2.35. The molecule has 13 nitrogen and oxygen atoms in total. The van der Waals surface area contributed by atoms with E-state index in [0.29, 0.717) is 25.7 Å². The summed E-state index contributed by atoms with van der Waals surface area (Å²) in [6.45, 7) is 2.59. The van der Waals surface area contributed by atoms with Gasteiger partial charge in [-0.05, 0) is 70.6 Å². The maximum atomic E-state index is 12.6. The van der Waals surface area contributed by atoms with Gasteiger partial charge in [0.2, 0.25) is 0 Å². The second-order valence-electron chi connectivity index (χ2n) is 15.0. The second kappa shape index (κ2) is 35.1. The van der Waals surface area contributed by atoms with Gasteiger partial charge in [-0.25, -0.2) is 4.57 Å². The van der Waals surface area contributed by atoms with Crippen molar-refractivity contribution in [3.05, 3.63) is 48.6 Å². The van der Waals surface area contributed by atoms with E-state index in [0.717, 1.165) is 51.4 Å². The van der Waals surface area contributed by atoms with Crippen LogP contribution in [-0.4, -0.2) is 83.3 Å². The van der Waals surface area contributed by atoms with Crippen molar-refractivity contribution in [3.63, 3.8) is 0 Å². The lowest BCUT2D eigenvalue weighted by atomic mass is 10.1. The van der Waals surface area contributed by atoms with Crippen molar-refractivity contribution in [2.45, 2.75) is 192 Å². The molecule has 0 aromatic heterocycles. The van der Waals surface area contributed by atoms with Crippen LogP contribution in [0.4, 0.5) is 0 Å². The quantitative estimate of drug-likeness (QED) is 0.0150. The van der Waals surface area contributed by atoms with Gasteiger partial charge in [-0.2, -0.15) is 0 Å². The third-order valence-electron chi connectivity index (χ3n) is 9.48. The van der Waals surface area contributed by atoms with Crippen molar-refractivity contribution in [1.29, 1.82) is 0 Å². The Kier molecular flexibility index (Phi) is 32.3. The summed E-state index contributed by atoms with van der Waals surface area (Å²) in [5.41, 5.74) is 5.32. The van der Waals surface area contributed by atoms with Gasteiger partial charge in [0.1, 0.15) is 18.8 Å². The molecule has 1 aliphatic rings. The predicted octanol–water partition coefficient (Wildman–Crippen LogP) is 9.35. The number of rotatable bonds is 39. The number of phosphoric ester groups is 1. The third-order valence-corrected chi connectivity index (χ3v) is 10.4. The Morgan fingerprint density at radius 2 is 1.24 bits per heavy atom. The normalized spacial score (nSPS) is 18.2. The Labute approximate surface area is 348 Å². The molecule has 6 unspecified atom stereocenters. The fourth-order valence-electron chi connectivity index (χ4n) is 5.83. The Bertz CT molecular complexity index is 1250. The number of aliphatic hydroxyl groups excluding tert-OH is 1. The number of carbonyl (C=O) groups excluding carboxylic acids is 2. The highest BCUT2D eigenvalue weighted by molar-refractivity contribution is 7.47. The van der Waals surface area contributed by atoms with Crippen molar-refractivity contribution in [2.24, 2.45) is 5.73 Å². The van der Waals surface area contributed by atoms with Gasteiger partial charge < -0.3 is 35.1 Å². The van der Waals surface area contributed by atoms with E-state index < -0.39 is 63.8 Å². The molecule has 0 bridgehead atoms. The molecule has 1 fully saturated rings. The summed E-state index contributed by atoms with van der Waals surface area (Å²) in [4.78, 5) is 46.0. The minimum absolute atomic E-state index is 0.0143. The zero-order chi connectivity index (χ0) is 42.7. The molecule has 0 radical (unpaired) electrons. The summed E-state index contributed by atoms with van der Waals surface area (Å²) in [7, 11) is -4.76. The number of phosphoric acid groups is 1. The average molecular weight is 842 g/mol. The number of carboxylic acid groups (broad SMARTS) is 1. The lowest BCUT2D eigenvalue weighted by molar-refractivity contribution is -0.161. The van der Waals surface area contributed by atoms with Crippen molar-refractivity contribution in [2.75, 3.05) is 19.8 Å². The van der Waals surface area contributed by atoms with E-state index in [-0.39, 0.29) is 25.0 Å². The Hall–Kier alpha value is -2.64. The zero-order valence-corrected chi connectivity index (χ0v) is 36.3. The summed E-state index contributed by atoms with van der Waals surface area (Å²) < 4.78 is 38.2. The van der Waals surface area contributed by atoms with Crippen molar-refractivity contribution in [3.8, 4) is 0 Å². The highest BCUT2D eigenvalue weighted by atomic mass is 31.2. The first-order valence-corrected chi connectivity index (χ1v) is 23.4. The molecule has 0 aromatic carbocycles. The number of nitrogens with two attached hydrogens (primary N) is 1. The number of hydrogen-bond acceptors (Lipinski definition) is 11. The van der Waals surface area contributed by atoms with Crippen LogP contribution in [0.3, 0.4) is 0 Å². The first-order valence-electron chi connectivity index (χ1n) is 21.9. The van der Waals surface area contributed by atoms with Crippen LogP contribution in [0.5, 0.6) is 0 Å². The van der Waals surface area contributed by atoms with Crippen LogP contribution in [0.1, 0.15) is 162 Å². The van der Waals surface area contributed by atoms with Gasteiger partial charge in [0.25, 0.3) is 0 Å². The molecule has 1 aliphatic heterocycles. The number of aliphatic carboxylic acids is 1. The first-order chi connectivity index (χ1) is 28.0. The number of esters is 2. The molecule has 1 rings (SSSR count). The molecule has 6 atom stereocenters. The summed E-state index contributed by atoms with van der Waals surface area (Å²) in [5, 5.41) is 19.2. The van der Waals surface area contributed by atoms with E-state index in [9.17, 15) is 28.9 Å². The van der Waals surface area contributed by atoms with Gasteiger partial charge in [-0.3, -0.25) is 23.4 Å². The van der Waals surface area contributed by atoms with Gasteiger partial charge >= 0.3 is 25.7 Å². The van der Waals surface area contributed by atoms with Gasteiger partial charge in [0, 0.05) is 12.8 Å². The monoisotopic (exact) mass is 842 g/mol. The number of unbranched alkanes of at least 4 members (excludes halogenated alkanes) is 15. The topological polar surface area (TPSA) is 204 Å². The Morgan fingerprint density at radius 1 is 0.707 bits per heavy atom. The van der Waals surface area contributed by atoms with Crippen LogP contribution in [0.25, 0.3) is 0 Å². The van der Waals surface area contributed by atoms with Gasteiger partial charge in [-0.15, -0.1) is 0 Å². The van der Waals surface area contributed by atoms with Crippen LogP contribution in [-0.2, 0) is 42.2 Å². The molecule has 0 aliphatic carbocycles. The minimum atomic E-state index is -4.76. The van der Waals surface area contributed by atoms with E-state index in [1.807, 2.05) is 18.2 Å². The van der Waals surface area contributed by atoms with E-state index in [4.69, 9.17) is 29.6 Å². The highest BCUT2D eigenvalue weighted by Crippen LogP contribution is 2.43. The summed E-state index contributed by atoms with van der Waals surface area (Å²) in [6, 6.07) is -1.55. The van der Waals surface area contributed by atoms with Crippen molar-refractivity contribution >= 4 is 25.7 Å². The molecule has 0 aromatic rings. The smallest absolute Gasteiger partial charge is 0.472 e. The van der Waals surface area contributed by atoms with Crippen LogP contribution in [0.15, 0.2) is 48.6 Å². The number of aliphatic hydroxyl groups is 1. The predicted molar refractivity (Wildman–Crippen MR) is 227 cm³/mol. The van der Waals surface area contributed by atoms with E-state index in [1.165, 1.54) is 57.8 Å². The molecule has 5 N–H and O–H groups in total. The molecule has 0 saturated carbocycles. The first kappa shape index (κ1) is 53.4. The number of allylic oxidation sites excluding steroid dienone is 4. The standard InChI is InChI=1S/C44H76NO12P/c1-3-5-7-9-11-12-13-14-15-16-17-18-19-21-26-30-42(47)53-34-38(35-54-58(51,52)55-36-39(45)44(49)50)56-43(48)31-27-23-22-24-28-37(46)32-33-41-40(57-41)29-25-20-10-8-6-4-2/h14-15,20,22,24-25,32-33,37-41,46H,3-13,16-19,21,23,26-31,34-36,45H2,1-2H3,(H,49,50)(H,51,52)/b15-14-,24-22+,25-20+,33-32-. The minimum Gasteiger partial charge on any atom is -0.480 e. The molecule has 1 saturated heterocycles. The number of ether oxygens (including phenoxy) is 3. The van der Waals surface area contributed by atoms with E-state index in [2.05, 4.69) is 42.7 Å². The van der Waals surface area contributed by atoms with Crippen LogP contribution >= 0.6 is 7.82 Å². The molecular formula is C44H76NO12P. The number of hydrogen-bond donors (Lipinski definition) is 4. The van der Waals surface area contributed by atoms with Gasteiger partial charge in [-0.1, -0.05) is 127 Å². The lowest BCUT2D eigenvalue weighted by Gasteiger charge is -2.20. The summed E-state index contributed by atoms with van der Waals surface area (Å²) in [6.07, 6.45) is 36.6. The molecule has 1 heterocycles. The molecule has 58 heavy (non-hydrogen) atoms. The van der Waals surface area contributed by atoms with E-state index >= 15 is 0 Å². The van der Waals surface area contributed by atoms with E-state index in [1.54, 1.807) is 6.08 Å². The SMILES string of the molecule is CCCCC/C=C/CC1OC1/C=C\C(O)C/C=C/CCCC(=O)OC(COC(=O)CCCCCCC/C=C\CCCCCCCC)COP(=O)(O)OCC(N)C(=O)O. The molecule has 0 spiro atoms. The van der Waals surface area contributed by atoms with Crippen LogP contribution < -0.4 is 5.73 Å². The zero-order valence-electron chi connectivity index (χ0n) is 35.4. The molecule has 0 amide bonds. The molecular weight excluding hydrogens is 765 g/mol. The number of carbonyl (C=O) groups is 3. The second-order valence-corrected chi connectivity index (χ2v) is 16.5. The van der Waals surface area contributed by atoms with Crippen molar-refractivity contribution in [1.82, 2.24) is 0 Å². The van der Waals surface area contributed by atoms with Gasteiger partial charge in [0.15, 0.2) is 6.10 Å². The summed E-state index contributed by atoms with van der Waals surface area (Å²) in [5.74, 6) is -2.55. The third kappa shape index (κ3) is 32.2. The van der Waals surface area contributed by atoms with Crippen LogP contribution in [0.2, 0.25) is 0 Å². The lowest BCUT2D eigenvalue weighted by Crippen LogP contribution is -2.34. The molecule has 334 valence electrons. The fourth-order valence-corrected chi connectivity index (χ4v) is 6.61. The maximum absolute atomic E-state index is 12.6. The number of carboxylic acids is 1. The Balaban J connectivity index is 2.38. The van der Waals surface area contributed by atoms with Gasteiger partial charge in [0.05, 0.1) is 25.4 Å². The largest absolute Gasteiger partial charge is 0.480 e. The fraction of sp³-hybridized carbons (Fsp3) is 0.750. The molecule has 14 heteroatoms. The van der Waals surface area contributed by atoms with Crippen molar-refractivity contribution < 1.29 is 57.3 Å². The maximum Gasteiger partial charge on any atom is 0.472 e. The average Bonchev–Trinajstić information content (AvgIpc) is 3.96. The Morgan fingerprint density at radius 3 is 1.91 bits per heavy atom.